The van der Waals surface area contributed by atoms with Gasteiger partial charge in [-0.05, 0) is 61.3 Å². The molecule has 26 heavy (non-hydrogen) atoms. The van der Waals surface area contributed by atoms with Crippen LogP contribution in [0.4, 0.5) is 11.4 Å². The number of rotatable bonds is 5. The lowest BCUT2D eigenvalue weighted by Gasteiger charge is -2.30. The van der Waals surface area contributed by atoms with Gasteiger partial charge in [0.2, 0.25) is 0 Å². The lowest BCUT2D eigenvalue weighted by molar-refractivity contribution is 0.381. The predicted molar refractivity (Wildman–Crippen MR) is 112 cm³/mol. The maximum absolute atomic E-state index is 3.77. The van der Waals surface area contributed by atoms with E-state index in [1.54, 1.807) is 5.57 Å². The fourth-order valence-electron chi connectivity index (χ4n) is 4.56. The van der Waals surface area contributed by atoms with Gasteiger partial charge in [-0.15, -0.1) is 0 Å². The molecule has 2 atom stereocenters. The Balaban J connectivity index is 1.47. The molecule has 2 aromatic rings. The molecule has 2 aliphatic rings. The number of fused-ring (bicyclic) bond motifs is 1. The molecule has 1 aliphatic heterocycles. The molecule has 0 radical (unpaired) electrons. The van der Waals surface area contributed by atoms with Crippen LogP contribution in [0.25, 0.3) is 0 Å². The van der Waals surface area contributed by atoms with Gasteiger partial charge in [0.25, 0.3) is 0 Å². The van der Waals surface area contributed by atoms with Gasteiger partial charge in [0.15, 0.2) is 0 Å². The fourth-order valence-corrected chi connectivity index (χ4v) is 4.56. The average molecular weight is 347 g/mol. The van der Waals surface area contributed by atoms with E-state index in [1.807, 2.05) is 0 Å². The Bertz CT molecular complexity index is 792. The number of para-hydroxylation sites is 2. The molecule has 0 saturated carbocycles. The van der Waals surface area contributed by atoms with Crippen molar-refractivity contribution in [2.24, 2.45) is 11.8 Å². The first-order valence-corrected chi connectivity index (χ1v) is 10.0. The first-order valence-electron chi connectivity index (χ1n) is 10.0. The Kier molecular flexibility index (Phi) is 5.01. The SMILES string of the molecule is CC1=CCCC(C)C1CNc1ccccc1CN1CCc2ccccc21. The Morgan fingerprint density at radius 2 is 1.88 bits per heavy atom. The Labute approximate surface area is 157 Å². The number of hydrogen-bond acceptors (Lipinski definition) is 2. The van der Waals surface area contributed by atoms with Gasteiger partial charge < -0.3 is 10.2 Å². The van der Waals surface area contributed by atoms with E-state index in [0.29, 0.717) is 5.92 Å². The van der Waals surface area contributed by atoms with Crippen molar-refractivity contribution >= 4 is 11.4 Å². The molecule has 4 rings (SSSR count). The van der Waals surface area contributed by atoms with Gasteiger partial charge in [-0.25, -0.2) is 0 Å². The highest BCUT2D eigenvalue weighted by Gasteiger charge is 2.23. The first-order chi connectivity index (χ1) is 12.7. The predicted octanol–water partition coefficient (Wildman–Crippen LogP) is 5.65. The van der Waals surface area contributed by atoms with Crippen LogP contribution >= 0.6 is 0 Å². The van der Waals surface area contributed by atoms with Crippen LogP contribution in [0.5, 0.6) is 0 Å². The third-order valence-corrected chi connectivity index (χ3v) is 6.23. The molecule has 1 heterocycles. The minimum atomic E-state index is 0.657. The summed E-state index contributed by atoms with van der Waals surface area (Å²) in [5, 5.41) is 3.77. The molecule has 2 nitrogen and oxygen atoms in total. The largest absolute Gasteiger partial charge is 0.384 e. The van der Waals surface area contributed by atoms with Gasteiger partial charge in [-0.1, -0.05) is 55.0 Å². The fraction of sp³-hybridized carbons (Fsp3) is 0.417. The molecule has 136 valence electrons. The Hall–Kier alpha value is -2.22. The summed E-state index contributed by atoms with van der Waals surface area (Å²) in [6.07, 6.45) is 6.15. The molecule has 1 N–H and O–H groups in total. The lowest BCUT2D eigenvalue weighted by atomic mass is 9.80. The molecule has 0 bridgehead atoms. The third-order valence-electron chi connectivity index (χ3n) is 6.23. The van der Waals surface area contributed by atoms with Gasteiger partial charge in [0.05, 0.1) is 0 Å². The highest BCUT2D eigenvalue weighted by atomic mass is 15.1. The van der Waals surface area contributed by atoms with Crippen LogP contribution in [-0.2, 0) is 13.0 Å². The quantitative estimate of drug-likeness (QED) is 0.703. The molecule has 2 unspecified atom stereocenters. The second-order valence-corrected chi connectivity index (χ2v) is 7.95. The summed E-state index contributed by atoms with van der Waals surface area (Å²) in [5.41, 5.74) is 7.13. The summed E-state index contributed by atoms with van der Waals surface area (Å²) < 4.78 is 0. The summed E-state index contributed by atoms with van der Waals surface area (Å²) in [6.45, 7) is 7.84. The van der Waals surface area contributed by atoms with Crippen molar-refractivity contribution in [3.8, 4) is 0 Å². The van der Waals surface area contributed by atoms with Gasteiger partial charge in [0.1, 0.15) is 0 Å². The van der Waals surface area contributed by atoms with Crippen molar-refractivity contribution in [2.75, 3.05) is 23.3 Å². The second kappa shape index (κ2) is 7.57. The maximum Gasteiger partial charge on any atom is 0.0450 e. The highest BCUT2D eigenvalue weighted by molar-refractivity contribution is 5.60. The van der Waals surface area contributed by atoms with Crippen LogP contribution in [0.1, 0.15) is 37.8 Å². The number of benzene rings is 2. The zero-order valence-corrected chi connectivity index (χ0v) is 16.0. The van der Waals surface area contributed by atoms with E-state index in [1.165, 1.54) is 35.3 Å². The number of hydrogen-bond donors (Lipinski definition) is 1. The van der Waals surface area contributed by atoms with E-state index >= 15 is 0 Å². The third kappa shape index (κ3) is 3.51. The van der Waals surface area contributed by atoms with Crippen LogP contribution in [-0.4, -0.2) is 13.1 Å². The molecule has 0 amide bonds. The van der Waals surface area contributed by atoms with Crippen LogP contribution < -0.4 is 10.2 Å². The molecule has 2 heteroatoms. The smallest absolute Gasteiger partial charge is 0.0450 e. The van der Waals surface area contributed by atoms with Crippen LogP contribution in [0.3, 0.4) is 0 Å². The monoisotopic (exact) mass is 346 g/mol. The topological polar surface area (TPSA) is 15.3 Å². The number of anilines is 2. The summed E-state index contributed by atoms with van der Waals surface area (Å²) >= 11 is 0. The molecule has 2 aromatic carbocycles. The van der Waals surface area contributed by atoms with Gasteiger partial charge in [-0.3, -0.25) is 0 Å². The maximum atomic E-state index is 3.77. The van der Waals surface area contributed by atoms with Crippen molar-refractivity contribution in [2.45, 2.75) is 39.7 Å². The minimum Gasteiger partial charge on any atom is -0.384 e. The van der Waals surface area contributed by atoms with E-state index in [4.69, 9.17) is 0 Å². The Morgan fingerprint density at radius 3 is 2.77 bits per heavy atom. The summed E-state index contributed by atoms with van der Waals surface area (Å²) in [4.78, 5) is 2.52. The van der Waals surface area contributed by atoms with E-state index < -0.39 is 0 Å². The standard InChI is InChI=1S/C24H30N2/c1-18-8-7-9-19(2)22(18)16-25-23-12-5-3-11-21(23)17-26-15-14-20-10-4-6-13-24(20)26/h3-6,8,10-13,19,22,25H,7,9,14-17H2,1-2H3. The molecule has 0 saturated heterocycles. The van der Waals surface area contributed by atoms with Crippen LogP contribution in [0.2, 0.25) is 0 Å². The lowest BCUT2D eigenvalue weighted by Crippen LogP contribution is -2.26. The zero-order valence-electron chi connectivity index (χ0n) is 16.0. The average Bonchev–Trinajstić information content (AvgIpc) is 3.06. The van der Waals surface area contributed by atoms with Crippen LogP contribution in [0, 0.1) is 11.8 Å². The van der Waals surface area contributed by atoms with Gasteiger partial charge >= 0.3 is 0 Å². The normalized spacial score (nSPS) is 22.1. The minimum absolute atomic E-state index is 0.657. The zero-order chi connectivity index (χ0) is 17.9. The van der Waals surface area contributed by atoms with E-state index in [2.05, 4.69) is 78.7 Å². The van der Waals surface area contributed by atoms with Crippen molar-refractivity contribution in [3.05, 3.63) is 71.3 Å². The number of nitrogens with zero attached hydrogens (tertiary/aromatic N) is 1. The van der Waals surface area contributed by atoms with E-state index in [9.17, 15) is 0 Å². The molecular weight excluding hydrogens is 316 g/mol. The molecule has 0 aromatic heterocycles. The van der Waals surface area contributed by atoms with Gasteiger partial charge in [0, 0.05) is 31.0 Å². The molecule has 0 spiro atoms. The molecular formula is C24H30N2. The highest BCUT2D eigenvalue weighted by Crippen LogP contribution is 2.32. The summed E-state index contributed by atoms with van der Waals surface area (Å²) in [7, 11) is 0. The van der Waals surface area contributed by atoms with Gasteiger partial charge in [-0.2, -0.15) is 0 Å². The second-order valence-electron chi connectivity index (χ2n) is 7.95. The first kappa shape index (κ1) is 17.2. The van der Waals surface area contributed by atoms with Crippen molar-refractivity contribution in [3.63, 3.8) is 0 Å². The van der Waals surface area contributed by atoms with Crippen LogP contribution in [0.15, 0.2) is 60.2 Å². The van der Waals surface area contributed by atoms with Crippen molar-refractivity contribution in [1.29, 1.82) is 0 Å². The van der Waals surface area contributed by atoms with E-state index in [0.717, 1.165) is 32.0 Å². The number of allylic oxidation sites excluding steroid dienone is 1. The van der Waals surface area contributed by atoms with Crippen molar-refractivity contribution < 1.29 is 0 Å². The van der Waals surface area contributed by atoms with Crippen molar-refractivity contribution in [1.82, 2.24) is 0 Å². The summed E-state index contributed by atoms with van der Waals surface area (Å²) in [5.74, 6) is 1.43. The van der Waals surface area contributed by atoms with E-state index in [-0.39, 0.29) is 0 Å². The Morgan fingerprint density at radius 1 is 1.08 bits per heavy atom. The summed E-state index contributed by atoms with van der Waals surface area (Å²) in [6, 6.07) is 17.7. The molecule has 1 aliphatic carbocycles. The number of nitrogens with one attached hydrogen (secondary N) is 1. The molecule has 0 fully saturated rings.